The molecule has 0 fully saturated rings. The Balaban J connectivity index is 1.93. The summed E-state index contributed by atoms with van der Waals surface area (Å²) in [6.45, 7) is 1.95. The molecule has 1 aromatic heterocycles. The van der Waals surface area contributed by atoms with Crippen molar-refractivity contribution in [3.63, 3.8) is 0 Å². The smallest absolute Gasteiger partial charge is 0.244 e. The van der Waals surface area contributed by atoms with E-state index in [1.165, 1.54) is 6.08 Å². The van der Waals surface area contributed by atoms with Crippen LogP contribution in [0.4, 0.5) is 0 Å². The Labute approximate surface area is 120 Å². The van der Waals surface area contributed by atoms with E-state index in [9.17, 15) is 4.79 Å². The van der Waals surface area contributed by atoms with Gasteiger partial charge in [0.2, 0.25) is 5.91 Å². The highest BCUT2D eigenvalue weighted by Gasteiger charge is 2.07. The molecule has 0 spiro atoms. The van der Waals surface area contributed by atoms with Crippen LogP contribution in [0.25, 0.3) is 6.08 Å². The molecule has 3 nitrogen and oxygen atoms in total. The SMILES string of the molecule is C[C@@H](NC(=O)/C=C/c1ccco1)c1ccc(Br)cc1. The second kappa shape index (κ2) is 6.38. The van der Waals surface area contributed by atoms with Crippen molar-refractivity contribution in [3.05, 3.63) is 64.5 Å². The minimum atomic E-state index is -0.146. The van der Waals surface area contributed by atoms with E-state index in [4.69, 9.17) is 4.42 Å². The van der Waals surface area contributed by atoms with Crippen LogP contribution in [0.2, 0.25) is 0 Å². The number of benzene rings is 1. The summed E-state index contributed by atoms with van der Waals surface area (Å²) in [4.78, 5) is 11.7. The maximum absolute atomic E-state index is 11.7. The van der Waals surface area contributed by atoms with Crippen molar-refractivity contribution in [2.75, 3.05) is 0 Å². The second-order valence-electron chi connectivity index (χ2n) is 4.13. The van der Waals surface area contributed by atoms with Crippen molar-refractivity contribution in [3.8, 4) is 0 Å². The first kappa shape index (κ1) is 13.6. The van der Waals surface area contributed by atoms with E-state index in [1.807, 2.05) is 31.2 Å². The van der Waals surface area contributed by atoms with Crippen LogP contribution in [-0.4, -0.2) is 5.91 Å². The Morgan fingerprint density at radius 1 is 1.32 bits per heavy atom. The van der Waals surface area contributed by atoms with Crippen LogP contribution in [0.3, 0.4) is 0 Å². The van der Waals surface area contributed by atoms with Crippen LogP contribution in [-0.2, 0) is 4.79 Å². The lowest BCUT2D eigenvalue weighted by atomic mass is 10.1. The summed E-state index contributed by atoms with van der Waals surface area (Å²) in [6, 6.07) is 11.4. The normalized spacial score (nSPS) is 12.5. The molecule has 0 unspecified atom stereocenters. The quantitative estimate of drug-likeness (QED) is 0.867. The molecule has 19 heavy (non-hydrogen) atoms. The predicted octanol–water partition coefficient (Wildman–Crippen LogP) is 3.93. The molecule has 1 atom stereocenters. The number of furan rings is 1. The van der Waals surface area contributed by atoms with E-state index in [2.05, 4.69) is 21.2 Å². The number of rotatable bonds is 4. The van der Waals surface area contributed by atoms with Crippen molar-refractivity contribution < 1.29 is 9.21 Å². The predicted molar refractivity (Wildman–Crippen MR) is 78.4 cm³/mol. The Morgan fingerprint density at radius 2 is 2.05 bits per heavy atom. The molecular formula is C15H14BrNO2. The monoisotopic (exact) mass is 319 g/mol. The first-order valence-corrected chi connectivity index (χ1v) is 6.72. The molecule has 0 bridgehead atoms. The fraction of sp³-hybridized carbons (Fsp3) is 0.133. The summed E-state index contributed by atoms with van der Waals surface area (Å²) in [5.74, 6) is 0.512. The van der Waals surface area contributed by atoms with Gasteiger partial charge in [0.1, 0.15) is 5.76 Å². The maximum atomic E-state index is 11.7. The zero-order chi connectivity index (χ0) is 13.7. The van der Waals surface area contributed by atoms with Gasteiger partial charge >= 0.3 is 0 Å². The van der Waals surface area contributed by atoms with Gasteiger partial charge < -0.3 is 9.73 Å². The molecule has 0 saturated carbocycles. The van der Waals surface area contributed by atoms with Crippen LogP contribution in [0.15, 0.2) is 57.6 Å². The maximum Gasteiger partial charge on any atom is 0.244 e. The van der Waals surface area contributed by atoms with E-state index in [0.717, 1.165) is 10.0 Å². The third-order valence-electron chi connectivity index (χ3n) is 2.67. The topological polar surface area (TPSA) is 42.2 Å². The lowest BCUT2D eigenvalue weighted by Crippen LogP contribution is -2.24. The van der Waals surface area contributed by atoms with Gasteiger partial charge in [-0.1, -0.05) is 28.1 Å². The lowest BCUT2D eigenvalue weighted by Gasteiger charge is -2.12. The van der Waals surface area contributed by atoms with Gasteiger partial charge in [-0.2, -0.15) is 0 Å². The summed E-state index contributed by atoms with van der Waals surface area (Å²) in [5, 5.41) is 2.90. The van der Waals surface area contributed by atoms with Gasteiger partial charge in [0.05, 0.1) is 12.3 Å². The fourth-order valence-corrected chi connectivity index (χ4v) is 1.90. The van der Waals surface area contributed by atoms with Gasteiger partial charge in [0.15, 0.2) is 0 Å². The first-order chi connectivity index (χ1) is 9.15. The molecule has 2 rings (SSSR count). The van der Waals surface area contributed by atoms with Gasteiger partial charge in [-0.15, -0.1) is 0 Å². The highest BCUT2D eigenvalue weighted by molar-refractivity contribution is 9.10. The molecule has 1 heterocycles. The van der Waals surface area contributed by atoms with Crippen molar-refractivity contribution in [2.45, 2.75) is 13.0 Å². The highest BCUT2D eigenvalue weighted by atomic mass is 79.9. The Hall–Kier alpha value is -1.81. The molecule has 2 aromatic rings. The van der Waals surface area contributed by atoms with Crippen LogP contribution in [0.5, 0.6) is 0 Å². The van der Waals surface area contributed by atoms with Crippen LogP contribution in [0.1, 0.15) is 24.3 Å². The summed E-state index contributed by atoms with van der Waals surface area (Å²) < 4.78 is 6.14. The number of carbonyl (C=O) groups excluding carboxylic acids is 1. The molecule has 0 aliphatic rings. The zero-order valence-electron chi connectivity index (χ0n) is 10.5. The molecule has 0 saturated heterocycles. The number of hydrogen-bond donors (Lipinski definition) is 1. The van der Waals surface area contributed by atoms with Crippen LogP contribution >= 0.6 is 15.9 Å². The molecule has 1 aromatic carbocycles. The Kier molecular flexibility index (Phi) is 4.58. The van der Waals surface area contributed by atoms with Gasteiger partial charge in [-0.05, 0) is 42.8 Å². The van der Waals surface area contributed by atoms with Crippen molar-refractivity contribution in [1.29, 1.82) is 0 Å². The summed E-state index contributed by atoms with van der Waals surface area (Å²) in [6.07, 6.45) is 4.68. The molecule has 1 amide bonds. The number of amides is 1. The molecule has 4 heteroatoms. The largest absolute Gasteiger partial charge is 0.465 e. The summed E-state index contributed by atoms with van der Waals surface area (Å²) in [5.41, 5.74) is 1.06. The fourth-order valence-electron chi connectivity index (χ4n) is 1.64. The lowest BCUT2D eigenvalue weighted by molar-refractivity contribution is -0.117. The van der Waals surface area contributed by atoms with E-state index in [1.54, 1.807) is 24.5 Å². The average Bonchev–Trinajstić information content (AvgIpc) is 2.90. The van der Waals surface area contributed by atoms with E-state index in [-0.39, 0.29) is 11.9 Å². The molecule has 0 aliphatic heterocycles. The molecule has 98 valence electrons. The second-order valence-corrected chi connectivity index (χ2v) is 5.05. The van der Waals surface area contributed by atoms with Gasteiger partial charge in [0, 0.05) is 10.5 Å². The minimum absolute atomic E-state index is 0.0400. The Morgan fingerprint density at radius 3 is 2.68 bits per heavy atom. The van der Waals surface area contributed by atoms with Crippen LogP contribution < -0.4 is 5.32 Å². The van der Waals surface area contributed by atoms with E-state index >= 15 is 0 Å². The average molecular weight is 320 g/mol. The first-order valence-electron chi connectivity index (χ1n) is 5.93. The number of hydrogen-bond acceptors (Lipinski definition) is 2. The van der Waals surface area contributed by atoms with Crippen LogP contribution in [0, 0.1) is 0 Å². The van der Waals surface area contributed by atoms with Gasteiger partial charge in [0.25, 0.3) is 0 Å². The number of carbonyl (C=O) groups is 1. The zero-order valence-corrected chi connectivity index (χ0v) is 12.1. The van der Waals surface area contributed by atoms with Gasteiger partial charge in [-0.25, -0.2) is 0 Å². The highest BCUT2D eigenvalue weighted by Crippen LogP contribution is 2.16. The summed E-state index contributed by atoms with van der Waals surface area (Å²) >= 11 is 3.38. The molecular weight excluding hydrogens is 306 g/mol. The van der Waals surface area contributed by atoms with E-state index < -0.39 is 0 Å². The van der Waals surface area contributed by atoms with Crippen molar-refractivity contribution in [2.24, 2.45) is 0 Å². The van der Waals surface area contributed by atoms with Gasteiger partial charge in [-0.3, -0.25) is 4.79 Å². The molecule has 0 radical (unpaired) electrons. The van der Waals surface area contributed by atoms with Crippen molar-refractivity contribution in [1.82, 2.24) is 5.32 Å². The molecule has 0 aliphatic carbocycles. The third-order valence-corrected chi connectivity index (χ3v) is 3.20. The number of halogens is 1. The Bertz CT molecular complexity index is 558. The number of nitrogens with one attached hydrogen (secondary N) is 1. The molecule has 1 N–H and O–H groups in total. The standard InChI is InChI=1S/C15H14BrNO2/c1-11(12-4-6-13(16)7-5-12)17-15(18)9-8-14-3-2-10-19-14/h2-11H,1H3,(H,17,18)/b9-8+/t11-/m1/s1. The van der Waals surface area contributed by atoms with Crippen molar-refractivity contribution >= 4 is 27.9 Å². The third kappa shape index (κ3) is 4.10. The minimum Gasteiger partial charge on any atom is -0.465 e. The van der Waals surface area contributed by atoms with E-state index in [0.29, 0.717) is 5.76 Å². The summed E-state index contributed by atoms with van der Waals surface area (Å²) in [7, 11) is 0.